The van der Waals surface area contributed by atoms with Gasteiger partial charge in [0.2, 0.25) is 0 Å². The Hall–Kier alpha value is -0.930. The Kier molecular flexibility index (Phi) is 5.50. The Labute approximate surface area is 117 Å². The van der Waals surface area contributed by atoms with E-state index in [2.05, 4.69) is 38.2 Å². The lowest BCUT2D eigenvalue weighted by Gasteiger charge is -2.45. The summed E-state index contributed by atoms with van der Waals surface area (Å²) in [6, 6.07) is 5.28. The number of benzene rings is 1. The van der Waals surface area contributed by atoms with E-state index in [0.29, 0.717) is 0 Å². The Morgan fingerprint density at radius 3 is 2.21 bits per heavy atom. The summed E-state index contributed by atoms with van der Waals surface area (Å²) in [6.07, 6.45) is 2.08. The lowest BCUT2D eigenvalue weighted by Crippen LogP contribution is -2.52. The summed E-state index contributed by atoms with van der Waals surface area (Å²) < 4.78 is 13.3. The molecule has 0 aliphatic heterocycles. The molecule has 3 heteroatoms. The van der Waals surface area contributed by atoms with Gasteiger partial charge in [-0.1, -0.05) is 19.9 Å². The number of aryl methyl sites for hydroxylation is 1. The van der Waals surface area contributed by atoms with Crippen molar-refractivity contribution in [3.05, 3.63) is 35.1 Å². The number of halogens is 1. The van der Waals surface area contributed by atoms with E-state index in [9.17, 15) is 4.39 Å². The minimum absolute atomic E-state index is 0.0390. The van der Waals surface area contributed by atoms with Gasteiger partial charge in [-0.15, -0.1) is 0 Å². The zero-order chi connectivity index (χ0) is 14.6. The Balaban J connectivity index is 3.31. The van der Waals surface area contributed by atoms with Crippen molar-refractivity contribution in [1.82, 2.24) is 10.2 Å². The summed E-state index contributed by atoms with van der Waals surface area (Å²) in [5.74, 6) is -0.167. The van der Waals surface area contributed by atoms with Gasteiger partial charge in [0.25, 0.3) is 0 Å². The van der Waals surface area contributed by atoms with Gasteiger partial charge in [-0.3, -0.25) is 0 Å². The van der Waals surface area contributed by atoms with Crippen molar-refractivity contribution in [2.24, 2.45) is 0 Å². The zero-order valence-electron chi connectivity index (χ0n) is 13.0. The van der Waals surface area contributed by atoms with Crippen LogP contribution in [0.1, 0.15) is 43.9 Å². The van der Waals surface area contributed by atoms with Gasteiger partial charge in [0.05, 0.1) is 6.04 Å². The van der Waals surface area contributed by atoms with E-state index >= 15 is 0 Å². The van der Waals surface area contributed by atoms with E-state index in [4.69, 9.17) is 0 Å². The first-order valence-corrected chi connectivity index (χ1v) is 7.03. The molecule has 0 radical (unpaired) electrons. The minimum Gasteiger partial charge on any atom is -0.311 e. The van der Waals surface area contributed by atoms with Crippen LogP contribution in [0.25, 0.3) is 0 Å². The van der Waals surface area contributed by atoms with Crippen LogP contribution in [0, 0.1) is 12.7 Å². The summed E-state index contributed by atoms with van der Waals surface area (Å²) in [4.78, 5) is 2.29. The second kappa shape index (κ2) is 6.49. The van der Waals surface area contributed by atoms with E-state index < -0.39 is 0 Å². The molecular formula is C16H27FN2. The normalized spacial score (nSPS) is 13.9. The molecule has 1 N–H and O–H groups in total. The maximum absolute atomic E-state index is 13.3. The Bertz CT molecular complexity index is 411. The van der Waals surface area contributed by atoms with Crippen molar-refractivity contribution < 1.29 is 4.39 Å². The van der Waals surface area contributed by atoms with Gasteiger partial charge in [0.15, 0.2) is 0 Å². The first-order valence-electron chi connectivity index (χ1n) is 7.03. The largest absolute Gasteiger partial charge is 0.311 e. The van der Waals surface area contributed by atoms with Crippen LogP contribution < -0.4 is 5.32 Å². The van der Waals surface area contributed by atoms with E-state index in [1.807, 2.05) is 20.0 Å². The van der Waals surface area contributed by atoms with Gasteiger partial charge in [-0.2, -0.15) is 0 Å². The lowest BCUT2D eigenvalue weighted by atomic mass is 9.78. The first kappa shape index (κ1) is 16.1. The zero-order valence-corrected chi connectivity index (χ0v) is 13.0. The number of hydrogen-bond acceptors (Lipinski definition) is 2. The smallest absolute Gasteiger partial charge is 0.123 e. The van der Waals surface area contributed by atoms with Crippen LogP contribution in [0.2, 0.25) is 0 Å². The monoisotopic (exact) mass is 266 g/mol. The van der Waals surface area contributed by atoms with Crippen LogP contribution in [0.15, 0.2) is 18.2 Å². The number of hydrogen-bond donors (Lipinski definition) is 1. The van der Waals surface area contributed by atoms with Crippen LogP contribution in [0.4, 0.5) is 4.39 Å². The molecule has 0 aliphatic rings. The predicted molar refractivity (Wildman–Crippen MR) is 79.9 cm³/mol. The molecule has 0 bridgehead atoms. The molecule has 0 aliphatic carbocycles. The highest BCUT2D eigenvalue weighted by molar-refractivity contribution is 5.32. The van der Waals surface area contributed by atoms with Crippen molar-refractivity contribution in [3.63, 3.8) is 0 Å². The molecule has 1 aromatic carbocycles. The fraction of sp³-hybridized carbons (Fsp3) is 0.625. The van der Waals surface area contributed by atoms with Crippen LogP contribution in [-0.2, 0) is 0 Å². The molecule has 1 aromatic rings. The molecule has 1 rings (SSSR count). The highest BCUT2D eigenvalue weighted by Crippen LogP contribution is 2.37. The third-order valence-corrected chi connectivity index (χ3v) is 4.48. The molecule has 1 unspecified atom stereocenters. The third-order valence-electron chi connectivity index (χ3n) is 4.48. The van der Waals surface area contributed by atoms with Crippen molar-refractivity contribution in [1.29, 1.82) is 0 Å². The number of nitrogens with one attached hydrogen (secondary N) is 1. The molecule has 0 heterocycles. The molecule has 0 spiro atoms. The SMILES string of the molecule is CCC(CC)(C(NC)c1ccc(F)cc1C)N(C)C. The fourth-order valence-corrected chi connectivity index (χ4v) is 3.23. The summed E-state index contributed by atoms with van der Waals surface area (Å²) in [7, 11) is 6.23. The molecule has 0 aromatic heterocycles. The Morgan fingerprint density at radius 2 is 1.84 bits per heavy atom. The van der Waals surface area contributed by atoms with Crippen molar-refractivity contribution in [3.8, 4) is 0 Å². The molecule has 108 valence electrons. The second-order valence-electron chi connectivity index (χ2n) is 5.43. The summed E-state index contributed by atoms with van der Waals surface area (Å²) in [5, 5.41) is 3.44. The van der Waals surface area contributed by atoms with Gasteiger partial charge < -0.3 is 10.2 Å². The van der Waals surface area contributed by atoms with Crippen LogP contribution in [0.5, 0.6) is 0 Å². The standard InChI is InChI=1S/C16H27FN2/c1-7-16(8-2,19(5)6)15(18-4)14-10-9-13(17)11-12(14)3/h9-11,15,18H,7-8H2,1-6H3. The topological polar surface area (TPSA) is 15.3 Å². The lowest BCUT2D eigenvalue weighted by molar-refractivity contribution is 0.0915. The average Bonchev–Trinajstić information content (AvgIpc) is 2.37. The van der Waals surface area contributed by atoms with Crippen LogP contribution >= 0.6 is 0 Å². The first-order chi connectivity index (χ1) is 8.92. The predicted octanol–water partition coefficient (Wildman–Crippen LogP) is 3.52. The molecule has 0 amide bonds. The summed E-state index contributed by atoms with van der Waals surface area (Å²) in [5.41, 5.74) is 2.23. The van der Waals surface area contributed by atoms with Gasteiger partial charge >= 0.3 is 0 Å². The molecule has 19 heavy (non-hydrogen) atoms. The average molecular weight is 266 g/mol. The third kappa shape index (κ3) is 2.98. The van der Waals surface area contributed by atoms with Gasteiger partial charge in [0.1, 0.15) is 5.82 Å². The quantitative estimate of drug-likeness (QED) is 0.847. The van der Waals surface area contributed by atoms with E-state index in [1.54, 1.807) is 12.1 Å². The highest BCUT2D eigenvalue weighted by atomic mass is 19.1. The number of rotatable bonds is 6. The summed E-state index contributed by atoms with van der Waals surface area (Å²) >= 11 is 0. The van der Waals surface area contributed by atoms with Gasteiger partial charge in [-0.25, -0.2) is 4.39 Å². The summed E-state index contributed by atoms with van der Waals surface area (Å²) in [6.45, 7) is 6.41. The molecule has 1 atom stereocenters. The minimum atomic E-state index is -0.167. The molecule has 2 nitrogen and oxygen atoms in total. The molecule has 0 fully saturated rings. The van der Waals surface area contributed by atoms with E-state index in [1.165, 1.54) is 5.56 Å². The van der Waals surface area contributed by atoms with Crippen molar-refractivity contribution >= 4 is 0 Å². The second-order valence-corrected chi connectivity index (χ2v) is 5.43. The molecule has 0 saturated carbocycles. The van der Waals surface area contributed by atoms with E-state index in [0.717, 1.165) is 18.4 Å². The maximum Gasteiger partial charge on any atom is 0.123 e. The maximum atomic E-state index is 13.3. The number of likely N-dealkylation sites (N-methyl/N-ethyl adjacent to an activating group) is 2. The van der Waals surface area contributed by atoms with Gasteiger partial charge in [0, 0.05) is 5.54 Å². The van der Waals surface area contributed by atoms with Crippen molar-refractivity contribution in [2.45, 2.75) is 45.2 Å². The molecular weight excluding hydrogens is 239 g/mol. The highest BCUT2D eigenvalue weighted by Gasteiger charge is 2.38. The fourth-order valence-electron chi connectivity index (χ4n) is 3.23. The van der Waals surface area contributed by atoms with E-state index in [-0.39, 0.29) is 17.4 Å². The van der Waals surface area contributed by atoms with Crippen LogP contribution in [0.3, 0.4) is 0 Å². The van der Waals surface area contributed by atoms with Crippen LogP contribution in [-0.4, -0.2) is 31.6 Å². The van der Waals surface area contributed by atoms with Crippen molar-refractivity contribution in [2.75, 3.05) is 21.1 Å². The molecule has 0 saturated heterocycles. The van der Waals surface area contributed by atoms with Gasteiger partial charge in [-0.05, 0) is 64.2 Å². The number of nitrogens with zero attached hydrogens (tertiary/aromatic N) is 1. The Morgan fingerprint density at radius 1 is 1.26 bits per heavy atom.